The molecule has 1 aromatic rings. The van der Waals surface area contributed by atoms with Crippen molar-refractivity contribution in [2.45, 2.75) is 6.54 Å². The fourth-order valence-corrected chi connectivity index (χ4v) is 2.04. The average molecular weight is 247 g/mol. The molecule has 1 N–H and O–H groups in total. The van der Waals surface area contributed by atoms with Crippen LogP contribution in [0.15, 0.2) is 34.4 Å². The van der Waals surface area contributed by atoms with E-state index in [1.54, 1.807) is 0 Å². The predicted molar refractivity (Wildman–Crippen MR) is 67.0 cm³/mol. The number of carbonyl (C=O) groups is 1. The van der Waals surface area contributed by atoms with Crippen molar-refractivity contribution >= 4 is 28.5 Å². The molecule has 0 aliphatic carbocycles. The summed E-state index contributed by atoms with van der Waals surface area (Å²) in [5, 5.41) is 6.75. The second-order valence-electron chi connectivity index (χ2n) is 3.31. The number of thioether (sulfide) groups is 1. The molecule has 1 amide bonds. The van der Waals surface area contributed by atoms with Crippen molar-refractivity contribution in [2.75, 3.05) is 5.75 Å². The van der Waals surface area contributed by atoms with Crippen LogP contribution in [0.4, 0.5) is 5.69 Å². The maximum absolute atomic E-state index is 11.0. The Morgan fingerprint density at radius 1 is 1.53 bits per heavy atom. The second-order valence-corrected chi connectivity index (χ2v) is 4.28. The van der Waals surface area contributed by atoms with Crippen molar-refractivity contribution in [3.8, 4) is 0 Å². The zero-order chi connectivity index (χ0) is 12.1. The summed E-state index contributed by atoms with van der Waals surface area (Å²) in [4.78, 5) is 18.0. The number of hydrogen-bond donors (Lipinski definition) is 1. The molecule has 17 heavy (non-hydrogen) atoms. The number of nitrogens with one attached hydrogen (secondary N) is 1. The van der Waals surface area contributed by atoms with Gasteiger partial charge in [-0.25, -0.2) is 4.99 Å². The van der Waals surface area contributed by atoms with E-state index in [4.69, 9.17) is 5.53 Å². The van der Waals surface area contributed by atoms with Crippen molar-refractivity contribution < 1.29 is 4.79 Å². The maximum atomic E-state index is 11.0. The number of rotatable bonds is 3. The number of amidine groups is 1. The van der Waals surface area contributed by atoms with Crippen LogP contribution in [0.25, 0.3) is 10.4 Å². The highest BCUT2D eigenvalue weighted by Crippen LogP contribution is 2.19. The Hall–Kier alpha value is -1.98. The van der Waals surface area contributed by atoms with Crippen molar-refractivity contribution in [3.05, 3.63) is 40.3 Å². The molecule has 1 aliphatic rings. The van der Waals surface area contributed by atoms with Gasteiger partial charge in [0.15, 0.2) is 5.17 Å². The monoisotopic (exact) mass is 247 g/mol. The average Bonchev–Trinajstić information content (AvgIpc) is 2.73. The van der Waals surface area contributed by atoms with Crippen LogP contribution in [-0.4, -0.2) is 16.8 Å². The zero-order valence-corrected chi connectivity index (χ0v) is 9.65. The first-order chi connectivity index (χ1) is 8.28. The largest absolute Gasteiger partial charge is 0.304 e. The lowest BCUT2D eigenvalue weighted by Gasteiger charge is -1.99. The molecule has 86 valence electrons. The minimum absolute atomic E-state index is 0.0287. The molecule has 7 heteroatoms. The van der Waals surface area contributed by atoms with Gasteiger partial charge < -0.3 is 5.32 Å². The van der Waals surface area contributed by atoms with E-state index >= 15 is 0 Å². The first-order valence-electron chi connectivity index (χ1n) is 4.89. The topological polar surface area (TPSA) is 90.2 Å². The summed E-state index contributed by atoms with van der Waals surface area (Å²) < 4.78 is 0. The molecule has 1 aromatic carbocycles. The number of nitrogens with zero attached hydrogens (tertiary/aromatic N) is 4. The van der Waals surface area contributed by atoms with Gasteiger partial charge in [0, 0.05) is 4.91 Å². The van der Waals surface area contributed by atoms with Crippen molar-refractivity contribution in [3.63, 3.8) is 0 Å². The highest BCUT2D eigenvalue weighted by atomic mass is 32.2. The summed E-state index contributed by atoms with van der Waals surface area (Å²) >= 11 is 1.38. The van der Waals surface area contributed by atoms with Gasteiger partial charge in [-0.15, -0.1) is 0 Å². The van der Waals surface area contributed by atoms with E-state index in [-0.39, 0.29) is 5.91 Å². The predicted octanol–water partition coefficient (Wildman–Crippen LogP) is 2.35. The third-order valence-electron chi connectivity index (χ3n) is 2.04. The van der Waals surface area contributed by atoms with Crippen molar-refractivity contribution in [1.82, 2.24) is 5.32 Å². The standard InChI is InChI=1S/C10H9N5OS/c11-15-12-5-7-2-1-3-8(4-7)13-10-14-9(16)6-17-10/h1-4H,5-6H2,(H,13,14,16). The van der Waals surface area contributed by atoms with Crippen LogP contribution in [-0.2, 0) is 11.3 Å². The van der Waals surface area contributed by atoms with Crippen LogP contribution in [0.3, 0.4) is 0 Å². The molecule has 0 spiro atoms. The van der Waals surface area contributed by atoms with Crippen LogP contribution in [0.2, 0.25) is 0 Å². The van der Waals surface area contributed by atoms with E-state index in [9.17, 15) is 4.79 Å². The van der Waals surface area contributed by atoms with Gasteiger partial charge in [-0.2, -0.15) is 0 Å². The molecular formula is C10H9N5OS. The molecule has 1 saturated heterocycles. The van der Waals surface area contributed by atoms with Crippen LogP contribution in [0, 0.1) is 0 Å². The highest BCUT2D eigenvalue weighted by Gasteiger charge is 2.16. The number of hydrogen-bond acceptors (Lipinski definition) is 4. The summed E-state index contributed by atoms with van der Waals surface area (Å²) in [5.74, 6) is 0.385. The normalized spacial score (nSPS) is 16.7. The molecule has 0 unspecified atom stereocenters. The Bertz CT molecular complexity index is 521. The fraction of sp³-hybridized carbons (Fsp3) is 0.200. The van der Waals surface area contributed by atoms with Gasteiger partial charge in [-0.05, 0) is 23.2 Å². The number of amides is 1. The minimum atomic E-state index is -0.0287. The molecule has 1 aliphatic heterocycles. The smallest absolute Gasteiger partial charge is 0.236 e. The Balaban J connectivity index is 2.16. The van der Waals surface area contributed by atoms with E-state index < -0.39 is 0 Å². The Morgan fingerprint density at radius 3 is 3.12 bits per heavy atom. The van der Waals surface area contributed by atoms with Crippen LogP contribution in [0.5, 0.6) is 0 Å². The van der Waals surface area contributed by atoms with Gasteiger partial charge in [0.1, 0.15) is 0 Å². The Labute approximate surface area is 102 Å². The number of aliphatic imine (C=N–C) groups is 1. The molecular weight excluding hydrogens is 238 g/mol. The van der Waals surface area contributed by atoms with Crippen LogP contribution >= 0.6 is 11.8 Å². The lowest BCUT2D eigenvalue weighted by Crippen LogP contribution is -2.19. The third kappa shape index (κ3) is 3.24. The molecule has 6 nitrogen and oxygen atoms in total. The molecule has 1 heterocycles. The van der Waals surface area contributed by atoms with Crippen LogP contribution < -0.4 is 5.32 Å². The molecule has 0 bridgehead atoms. The summed E-state index contributed by atoms with van der Waals surface area (Å²) in [6.07, 6.45) is 0. The SMILES string of the molecule is [N-]=[N+]=NCc1cccc(N=C2NC(=O)CS2)c1. The molecule has 2 rings (SSSR count). The van der Waals surface area contributed by atoms with Crippen molar-refractivity contribution in [1.29, 1.82) is 0 Å². The quantitative estimate of drug-likeness (QED) is 0.504. The van der Waals surface area contributed by atoms with Crippen LogP contribution in [0.1, 0.15) is 5.56 Å². The van der Waals surface area contributed by atoms with Gasteiger partial charge >= 0.3 is 0 Å². The Kier molecular flexibility index (Phi) is 3.64. The van der Waals surface area contributed by atoms with Gasteiger partial charge in [0.05, 0.1) is 18.0 Å². The van der Waals surface area contributed by atoms with E-state index in [1.165, 1.54) is 11.8 Å². The first kappa shape index (κ1) is 11.5. The lowest BCUT2D eigenvalue weighted by atomic mass is 10.2. The molecule has 0 aromatic heterocycles. The number of azide groups is 1. The number of benzene rings is 1. The molecule has 0 radical (unpaired) electrons. The van der Waals surface area contributed by atoms with Crippen molar-refractivity contribution in [2.24, 2.45) is 10.1 Å². The number of carbonyl (C=O) groups excluding carboxylic acids is 1. The molecule has 0 atom stereocenters. The van der Waals surface area contributed by atoms with Gasteiger partial charge in [-0.3, -0.25) is 4.79 Å². The van der Waals surface area contributed by atoms with E-state index in [0.717, 1.165) is 11.3 Å². The molecule has 0 saturated carbocycles. The summed E-state index contributed by atoms with van der Waals surface area (Å²) in [6, 6.07) is 7.35. The highest BCUT2D eigenvalue weighted by molar-refractivity contribution is 8.15. The fourth-order valence-electron chi connectivity index (χ4n) is 1.34. The summed E-state index contributed by atoms with van der Waals surface area (Å²) in [6.45, 7) is 0.300. The third-order valence-corrected chi connectivity index (χ3v) is 2.92. The minimum Gasteiger partial charge on any atom is -0.304 e. The van der Waals surface area contributed by atoms with E-state index in [2.05, 4.69) is 20.3 Å². The summed E-state index contributed by atoms with van der Waals surface area (Å²) in [7, 11) is 0. The zero-order valence-electron chi connectivity index (χ0n) is 8.83. The first-order valence-corrected chi connectivity index (χ1v) is 5.87. The summed E-state index contributed by atoms with van der Waals surface area (Å²) in [5.41, 5.74) is 9.86. The lowest BCUT2D eigenvalue weighted by molar-refractivity contribution is -0.116. The van der Waals surface area contributed by atoms with E-state index in [1.807, 2.05) is 24.3 Å². The molecule has 1 fully saturated rings. The van der Waals surface area contributed by atoms with Gasteiger partial charge in [0.2, 0.25) is 5.91 Å². The van der Waals surface area contributed by atoms with Gasteiger partial charge in [0.25, 0.3) is 0 Å². The Morgan fingerprint density at radius 2 is 2.41 bits per heavy atom. The maximum Gasteiger partial charge on any atom is 0.236 e. The van der Waals surface area contributed by atoms with E-state index in [0.29, 0.717) is 17.5 Å². The van der Waals surface area contributed by atoms with Gasteiger partial charge in [-0.1, -0.05) is 29.0 Å². The second kappa shape index (κ2) is 5.38.